The van der Waals surface area contributed by atoms with Crippen molar-refractivity contribution in [1.82, 2.24) is 24.6 Å². The van der Waals surface area contributed by atoms with Crippen molar-refractivity contribution in [3.63, 3.8) is 0 Å². The van der Waals surface area contributed by atoms with Crippen molar-refractivity contribution in [1.29, 1.82) is 0 Å². The first-order valence-electron chi connectivity index (χ1n) is 11.9. The smallest absolute Gasteiger partial charge is 0.328 e. The summed E-state index contributed by atoms with van der Waals surface area (Å²) in [5, 5.41) is 2.61. The first-order chi connectivity index (χ1) is 17.1. The number of carbonyl (C=O) groups is 1. The maximum absolute atomic E-state index is 12.3. The van der Waals surface area contributed by atoms with Crippen molar-refractivity contribution < 1.29 is 13.2 Å². The van der Waals surface area contributed by atoms with Gasteiger partial charge in [0.25, 0.3) is 10.0 Å². The quantitative estimate of drug-likeness (QED) is 0.379. The Morgan fingerprint density at radius 3 is 2.31 bits per heavy atom. The Balaban J connectivity index is 1.39. The molecule has 0 unspecified atom stereocenters. The zero-order valence-electron chi connectivity index (χ0n) is 21.2. The largest absolute Gasteiger partial charge is 0.337 e. The summed E-state index contributed by atoms with van der Waals surface area (Å²) in [6, 6.07) is 13.5. The third-order valence-corrected chi connectivity index (χ3v) is 7.56. The predicted octanol–water partition coefficient (Wildman–Crippen LogP) is 4.70. The van der Waals surface area contributed by atoms with Crippen LogP contribution < -0.4 is 10.0 Å². The monoisotopic (exact) mass is 505 g/mol. The average molecular weight is 506 g/mol. The Morgan fingerprint density at radius 2 is 1.67 bits per heavy atom. The topological polar surface area (TPSA) is 106 Å². The maximum Gasteiger partial charge on any atom is 0.328 e. The maximum atomic E-state index is 12.3. The van der Waals surface area contributed by atoms with Crippen molar-refractivity contribution >= 4 is 27.2 Å². The van der Waals surface area contributed by atoms with Gasteiger partial charge in [-0.25, -0.2) is 27.9 Å². The molecule has 2 aromatic heterocycles. The van der Waals surface area contributed by atoms with E-state index in [0.29, 0.717) is 18.9 Å². The molecule has 2 heterocycles. The third-order valence-electron chi connectivity index (χ3n) is 6.21. The van der Waals surface area contributed by atoms with Crippen LogP contribution >= 0.6 is 0 Å². The van der Waals surface area contributed by atoms with Gasteiger partial charge in [-0.2, -0.15) is 0 Å². The summed E-state index contributed by atoms with van der Waals surface area (Å²) in [6.07, 6.45) is 2.35. The van der Waals surface area contributed by atoms with Crippen molar-refractivity contribution in [3.05, 3.63) is 82.8 Å². The number of aryl methyl sites for hydroxylation is 3. The van der Waals surface area contributed by atoms with Crippen molar-refractivity contribution in [2.75, 3.05) is 6.54 Å². The van der Waals surface area contributed by atoms with E-state index in [4.69, 9.17) is 4.98 Å². The van der Waals surface area contributed by atoms with Crippen LogP contribution in [-0.4, -0.2) is 35.5 Å². The molecule has 9 heteroatoms. The van der Waals surface area contributed by atoms with Crippen molar-refractivity contribution in [2.24, 2.45) is 0 Å². The number of imidazole rings is 1. The summed E-state index contributed by atoms with van der Waals surface area (Å²) in [5.74, 6) is 0.379. The molecular formula is C27H31N5O3S. The van der Waals surface area contributed by atoms with Crippen LogP contribution in [0.5, 0.6) is 0 Å². The Morgan fingerprint density at radius 1 is 1.00 bits per heavy atom. The molecule has 4 aromatic rings. The molecule has 0 radical (unpaired) electrons. The number of carbonyl (C=O) groups excluding carboxylic acids is 1. The number of pyridine rings is 1. The highest BCUT2D eigenvalue weighted by Gasteiger charge is 2.18. The molecule has 2 amide bonds. The highest BCUT2D eigenvalue weighted by Crippen LogP contribution is 2.28. The van der Waals surface area contributed by atoms with E-state index in [-0.39, 0.29) is 4.90 Å². The van der Waals surface area contributed by atoms with Crippen LogP contribution in [0.25, 0.3) is 16.9 Å². The van der Waals surface area contributed by atoms with Gasteiger partial charge >= 0.3 is 6.03 Å². The van der Waals surface area contributed by atoms with E-state index in [0.717, 1.165) is 39.2 Å². The Hall–Kier alpha value is -3.72. The highest BCUT2D eigenvalue weighted by molar-refractivity contribution is 7.90. The number of hydrogen-bond donors (Lipinski definition) is 2. The van der Waals surface area contributed by atoms with Gasteiger partial charge < -0.3 is 5.32 Å². The highest BCUT2D eigenvalue weighted by atomic mass is 32.2. The zero-order chi connectivity index (χ0) is 26.0. The fraction of sp³-hybridized carbons (Fsp3) is 0.296. The van der Waals surface area contributed by atoms with Crippen LogP contribution in [0, 0.1) is 20.8 Å². The van der Waals surface area contributed by atoms with Crippen molar-refractivity contribution in [2.45, 2.75) is 51.9 Å². The Bertz CT molecular complexity index is 1510. The Labute approximate surface area is 211 Å². The number of rotatable bonds is 7. The van der Waals surface area contributed by atoms with Gasteiger partial charge in [0, 0.05) is 17.9 Å². The molecule has 8 nitrogen and oxygen atoms in total. The average Bonchev–Trinajstić information content (AvgIpc) is 3.23. The minimum atomic E-state index is -3.91. The fourth-order valence-electron chi connectivity index (χ4n) is 4.45. The zero-order valence-corrected chi connectivity index (χ0v) is 22.0. The molecule has 0 atom stereocenters. The lowest BCUT2D eigenvalue weighted by atomic mass is 9.96. The van der Waals surface area contributed by atoms with E-state index >= 15 is 0 Å². The van der Waals surface area contributed by atoms with E-state index in [1.54, 1.807) is 18.5 Å². The van der Waals surface area contributed by atoms with E-state index in [1.807, 2.05) is 47.4 Å². The number of amides is 2. The molecule has 2 N–H and O–H groups in total. The summed E-state index contributed by atoms with van der Waals surface area (Å²) in [7, 11) is -3.91. The number of nitrogens with one attached hydrogen (secondary N) is 2. The van der Waals surface area contributed by atoms with Gasteiger partial charge in [-0.3, -0.25) is 4.57 Å². The molecule has 0 saturated heterocycles. The molecule has 36 heavy (non-hydrogen) atoms. The Kier molecular flexibility index (Phi) is 7.12. The molecule has 0 aliphatic rings. The standard InChI is InChI=1S/C27H31N5O3S/c1-17(2)24-19(4)25-26(30-20(24)5)32(16-29-25)22-10-8-21(9-11-22)14-15-28-27(33)31-36(34,35)23-12-6-18(3)7-13-23/h6-13,16-17H,14-15H2,1-5H3,(H2,28,31,33). The summed E-state index contributed by atoms with van der Waals surface area (Å²) < 4.78 is 28.7. The summed E-state index contributed by atoms with van der Waals surface area (Å²) in [5.41, 5.74) is 8.05. The van der Waals surface area contributed by atoms with Gasteiger partial charge in [0.05, 0.1) is 4.90 Å². The molecule has 188 valence electrons. The van der Waals surface area contributed by atoms with Crippen LogP contribution in [-0.2, 0) is 16.4 Å². The summed E-state index contributed by atoms with van der Waals surface area (Å²) in [4.78, 5) is 21.6. The molecule has 0 aliphatic heterocycles. The molecule has 0 fully saturated rings. The van der Waals surface area contributed by atoms with Gasteiger partial charge in [0.2, 0.25) is 0 Å². The van der Waals surface area contributed by atoms with Crippen LogP contribution in [0.3, 0.4) is 0 Å². The number of sulfonamides is 1. The van der Waals surface area contributed by atoms with Crippen molar-refractivity contribution in [3.8, 4) is 5.69 Å². The van der Waals surface area contributed by atoms with Crippen LogP contribution in [0.15, 0.2) is 59.8 Å². The number of benzene rings is 2. The second-order valence-corrected chi connectivity index (χ2v) is 11.0. The molecule has 0 bridgehead atoms. The molecule has 4 rings (SSSR count). The van der Waals surface area contributed by atoms with E-state index in [2.05, 4.69) is 31.1 Å². The number of hydrogen-bond acceptors (Lipinski definition) is 5. The summed E-state index contributed by atoms with van der Waals surface area (Å²) >= 11 is 0. The lowest BCUT2D eigenvalue weighted by Gasteiger charge is -2.14. The van der Waals surface area contributed by atoms with Crippen LogP contribution in [0.2, 0.25) is 0 Å². The number of urea groups is 1. The SMILES string of the molecule is Cc1ccc(S(=O)(=O)NC(=O)NCCc2ccc(-n3cnc4c(C)c(C(C)C)c(C)nc43)cc2)cc1. The first-order valence-corrected chi connectivity index (χ1v) is 13.4. The predicted molar refractivity (Wildman–Crippen MR) is 141 cm³/mol. The second-order valence-electron chi connectivity index (χ2n) is 9.27. The lowest BCUT2D eigenvalue weighted by molar-refractivity contribution is 0.246. The van der Waals surface area contributed by atoms with Gasteiger partial charge in [-0.1, -0.05) is 43.7 Å². The number of aromatic nitrogens is 3. The number of nitrogens with zero attached hydrogens (tertiary/aromatic N) is 3. The van der Waals surface area contributed by atoms with Gasteiger partial charge in [0.15, 0.2) is 5.65 Å². The van der Waals surface area contributed by atoms with Crippen LogP contribution in [0.1, 0.15) is 47.7 Å². The van der Waals surface area contributed by atoms with Crippen LogP contribution in [0.4, 0.5) is 4.79 Å². The van der Waals surface area contributed by atoms with E-state index in [9.17, 15) is 13.2 Å². The fourth-order valence-corrected chi connectivity index (χ4v) is 5.38. The normalized spacial score (nSPS) is 11.7. The first kappa shape index (κ1) is 25.4. The van der Waals surface area contributed by atoms with E-state index in [1.165, 1.54) is 17.7 Å². The number of fused-ring (bicyclic) bond motifs is 1. The molecular weight excluding hydrogens is 474 g/mol. The second kappa shape index (κ2) is 10.1. The van der Waals surface area contributed by atoms with Gasteiger partial charge in [-0.15, -0.1) is 0 Å². The summed E-state index contributed by atoms with van der Waals surface area (Å²) in [6.45, 7) is 10.6. The molecule has 2 aromatic carbocycles. The van der Waals surface area contributed by atoms with Gasteiger partial charge in [-0.05, 0) is 74.1 Å². The minimum absolute atomic E-state index is 0.0474. The molecule has 0 saturated carbocycles. The minimum Gasteiger partial charge on any atom is -0.337 e. The molecule has 0 spiro atoms. The van der Waals surface area contributed by atoms with Gasteiger partial charge in [0.1, 0.15) is 11.8 Å². The lowest BCUT2D eigenvalue weighted by Crippen LogP contribution is -2.40. The third kappa shape index (κ3) is 5.26. The molecule has 0 aliphatic carbocycles. The van der Waals surface area contributed by atoms with E-state index < -0.39 is 16.1 Å².